The summed E-state index contributed by atoms with van der Waals surface area (Å²) in [4.78, 5) is 75.5. The maximum Gasteiger partial charge on any atom is 0.342 e. The number of hydrogen-bond acceptors (Lipinski definition) is 11. The predicted molar refractivity (Wildman–Crippen MR) is 210 cm³/mol. The van der Waals surface area contributed by atoms with E-state index in [1.807, 2.05) is 6.07 Å². The Balaban J connectivity index is 0.912. The molecule has 0 bridgehead atoms. The van der Waals surface area contributed by atoms with Gasteiger partial charge in [-0.3, -0.25) is 29.3 Å². The molecule has 4 aliphatic rings. The SMILES string of the molecule is COc1cc(C(=O)NC2CCN(C(=O)CCCOc3cccc(C4CCC(=O)NC4=O)c3)CC2)c(F)cc1Nc1ncc2c(n1)N(C1CCCC1)CC(F)(F)C(=O)N2C. The van der Waals surface area contributed by atoms with Crippen LogP contribution in [0.2, 0.25) is 0 Å². The van der Waals surface area contributed by atoms with Crippen molar-refractivity contribution in [2.24, 2.45) is 0 Å². The van der Waals surface area contributed by atoms with Crippen molar-refractivity contribution in [3.8, 4) is 11.5 Å². The summed E-state index contributed by atoms with van der Waals surface area (Å²) in [7, 11) is 2.61. The molecule has 3 aliphatic heterocycles. The number of likely N-dealkylation sites (tertiary alicyclic amines) is 1. The van der Waals surface area contributed by atoms with Crippen LogP contribution in [0.3, 0.4) is 0 Å². The topological polar surface area (TPSA) is 175 Å². The zero-order valence-electron chi connectivity index (χ0n) is 32.9. The van der Waals surface area contributed by atoms with Gasteiger partial charge in [0.2, 0.25) is 23.7 Å². The highest BCUT2D eigenvalue weighted by molar-refractivity contribution is 6.02. The lowest BCUT2D eigenvalue weighted by molar-refractivity contribution is -0.140. The van der Waals surface area contributed by atoms with E-state index in [9.17, 15) is 24.0 Å². The number of nitrogens with zero attached hydrogens (tertiary/aromatic N) is 5. The molecule has 0 radical (unpaired) electrons. The number of rotatable bonds is 12. The van der Waals surface area contributed by atoms with Crippen molar-refractivity contribution in [2.45, 2.75) is 88.1 Å². The highest BCUT2D eigenvalue weighted by Crippen LogP contribution is 2.40. The Morgan fingerprint density at radius 1 is 1.03 bits per heavy atom. The van der Waals surface area contributed by atoms with Crippen molar-refractivity contribution in [3.63, 3.8) is 0 Å². The van der Waals surface area contributed by atoms with Crippen LogP contribution in [0.25, 0.3) is 0 Å². The number of carbonyl (C=O) groups is 5. The lowest BCUT2D eigenvalue weighted by atomic mass is 9.90. The first-order valence-electron chi connectivity index (χ1n) is 19.9. The van der Waals surface area contributed by atoms with Crippen LogP contribution in [0.15, 0.2) is 42.6 Å². The van der Waals surface area contributed by atoms with Gasteiger partial charge in [0.05, 0.1) is 43.6 Å². The maximum absolute atomic E-state index is 15.6. The molecular weight excluding hydrogens is 773 g/mol. The third-order valence-electron chi connectivity index (χ3n) is 11.4. The van der Waals surface area contributed by atoms with E-state index in [1.165, 1.54) is 31.3 Å². The van der Waals surface area contributed by atoms with Crippen LogP contribution >= 0.6 is 0 Å². The Bertz CT molecular complexity index is 2110. The third kappa shape index (κ3) is 9.20. The third-order valence-corrected chi connectivity index (χ3v) is 11.4. The first kappa shape index (κ1) is 41.2. The number of anilines is 4. The molecule has 18 heteroatoms. The van der Waals surface area contributed by atoms with Gasteiger partial charge in [0.1, 0.15) is 23.0 Å². The summed E-state index contributed by atoms with van der Waals surface area (Å²) in [6.07, 6.45) is 6.75. The van der Waals surface area contributed by atoms with Gasteiger partial charge in [-0.05, 0) is 62.3 Å². The quantitative estimate of drug-likeness (QED) is 0.169. The van der Waals surface area contributed by atoms with Crippen LogP contribution in [-0.4, -0.2) is 103 Å². The fraction of sp³-hybridized carbons (Fsp3) is 0.488. The number of hydrogen-bond donors (Lipinski definition) is 3. The van der Waals surface area contributed by atoms with Crippen molar-refractivity contribution in [3.05, 3.63) is 59.5 Å². The molecule has 3 N–H and O–H groups in total. The van der Waals surface area contributed by atoms with Gasteiger partial charge in [-0.15, -0.1) is 0 Å². The number of methoxy groups -OCH3 is 1. The van der Waals surface area contributed by atoms with E-state index in [0.717, 1.165) is 29.4 Å². The highest BCUT2D eigenvalue weighted by atomic mass is 19.3. The fourth-order valence-corrected chi connectivity index (χ4v) is 8.16. The van der Waals surface area contributed by atoms with Crippen LogP contribution in [0.5, 0.6) is 11.5 Å². The maximum atomic E-state index is 15.6. The molecule has 1 saturated carbocycles. The van der Waals surface area contributed by atoms with E-state index >= 15 is 13.2 Å². The molecular formula is C41H47F3N8O7. The molecule has 5 amide bonds. The molecule has 4 heterocycles. The summed E-state index contributed by atoms with van der Waals surface area (Å²) in [5, 5.41) is 8.13. The van der Waals surface area contributed by atoms with Crippen molar-refractivity contribution in [2.75, 3.05) is 55.5 Å². The second kappa shape index (κ2) is 17.5. The molecule has 2 aromatic carbocycles. The van der Waals surface area contributed by atoms with Gasteiger partial charge in [-0.25, -0.2) is 9.37 Å². The van der Waals surface area contributed by atoms with Crippen molar-refractivity contribution >= 4 is 52.7 Å². The van der Waals surface area contributed by atoms with Crippen LogP contribution in [-0.2, 0) is 19.2 Å². The van der Waals surface area contributed by atoms with Crippen molar-refractivity contribution in [1.29, 1.82) is 0 Å². The molecule has 7 rings (SSSR count). The Kier molecular flexibility index (Phi) is 12.2. The van der Waals surface area contributed by atoms with E-state index in [0.29, 0.717) is 64.0 Å². The largest absolute Gasteiger partial charge is 0.495 e. The van der Waals surface area contributed by atoms with Gasteiger partial charge < -0.3 is 34.8 Å². The molecule has 15 nitrogen and oxygen atoms in total. The lowest BCUT2D eigenvalue weighted by Gasteiger charge is -2.32. The highest BCUT2D eigenvalue weighted by Gasteiger charge is 2.49. The van der Waals surface area contributed by atoms with Gasteiger partial charge in [0.15, 0.2) is 5.82 Å². The number of nitrogens with one attached hydrogen (secondary N) is 3. The number of fused-ring (bicyclic) bond motifs is 1. The summed E-state index contributed by atoms with van der Waals surface area (Å²) in [5.74, 6) is -6.76. The fourth-order valence-electron chi connectivity index (χ4n) is 8.16. The van der Waals surface area contributed by atoms with Crippen LogP contribution in [0, 0.1) is 5.82 Å². The molecule has 1 aromatic heterocycles. The number of carbonyl (C=O) groups excluding carboxylic acids is 5. The van der Waals surface area contributed by atoms with Crippen LogP contribution in [0.4, 0.5) is 36.3 Å². The molecule has 314 valence electrons. The van der Waals surface area contributed by atoms with Gasteiger partial charge in [-0.1, -0.05) is 25.0 Å². The Hall–Kier alpha value is -5.94. The van der Waals surface area contributed by atoms with E-state index in [4.69, 9.17) is 9.47 Å². The first-order chi connectivity index (χ1) is 28.3. The second-order valence-electron chi connectivity index (χ2n) is 15.4. The number of piperidine rings is 2. The number of halogens is 3. The van der Waals surface area contributed by atoms with Crippen molar-refractivity contribution < 1.29 is 46.6 Å². The molecule has 3 aromatic rings. The standard InChI is InChI=1S/C41H47F3N8O7/c1-50-32-22-45-40(49-36(32)52(26-8-3-4-9-26)23-41(43,44)39(50)57)47-31-21-30(42)29(20-33(31)58-2)38(56)46-25-14-16-51(17-15-25)35(54)11-6-18-59-27-10-5-7-24(19-27)28-12-13-34(53)48-37(28)55/h5,7,10,19-22,25-26,28H,3-4,6,8-9,11-18,23H2,1-2H3,(H,46,56)(H,45,47,49)(H,48,53,55). The number of benzene rings is 2. The van der Waals surface area contributed by atoms with E-state index in [2.05, 4.69) is 25.9 Å². The van der Waals surface area contributed by atoms with E-state index in [-0.39, 0.29) is 77.1 Å². The summed E-state index contributed by atoms with van der Waals surface area (Å²) in [6, 6.07) is 8.95. The number of ether oxygens (including phenoxy) is 2. The molecule has 0 spiro atoms. The first-order valence-corrected chi connectivity index (χ1v) is 19.9. The summed E-state index contributed by atoms with van der Waals surface area (Å²) in [5.41, 5.74) is 0.727. The molecule has 1 aliphatic carbocycles. The minimum Gasteiger partial charge on any atom is -0.495 e. The zero-order chi connectivity index (χ0) is 41.8. The van der Waals surface area contributed by atoms with Gasteiger partial charge in [0.25, 0.3) is 11.8 Å². The average Bonchev–Trinajstić information content (AvgIpc) is 3.74. The number of amides is 5. The summed E-state index contributed by atoms with van der Waals surface area (Å²) >= 11 is 0. The predicted octanol–water partition coefficient (Wildman–Crippen LogP) is 4.83. The lowest BCUT2D eigenvalue weighted by Crippen LogP contribution is -2.48. The molecule has 2 saturated heterocycles. The Labute approximate surface area is 339 Å². The molecule has 1 atom stereocenters. The molecule has 3 fully saturated rings. The Morgan fingerprint density at radius 2 is 1.80 bits per heavy atom. The van der Waals surface area contributed by atoms with Crippen LogP contribution in [0.1, 0.15) is 86.0 Å². The summed E-state index contributed by atoms with van der Waals surface area (Å²) < 4.78 is 56.9. The number of alkyl halides is 2. The smallest absolute Gasteiger partial charge is 0.342 e. The normalized spacial score (nSPS) is 19.8. The minimum atomic E-state index is -3.64. The van der Waals surface area contributed by atoms with Gasteiger partial charge in [0, 0.05) is 51.1 Å². The summed E-state index contributed by atoms with van der Waals surface area (Å²) in [6.45, 7) is 0.285. The zero-order valence-corrected chi connectivity index (χ0v) is 32.9. The van der Waals surface area contributed by atoms with Crippen molar-refractivity contribution in [1.82, 2.24) is 25.5 Å². The molecule has 1 unspecified atom stereocenters. The van der Waals surface area contributed by atoms with Gasteiger partial charge in [-0.2, -0.15) is 13.8 Å². The number of imide groups is 1. The molecule has 59 heavy (non-hydrogen) atoms. The van der Waals surface area contributed by atoms with Gasteiger partial charge >= 0.3 is 5.92 Å². The Morgan fingerprint density at radius 3 is 2.53 bits per heavy atom. The van der Waals surface area contributed by atoms with E-state index < -0.39 is 36.0 Å². The average molecular weight is 821 g/mol. The number of aromatic nitrogens is 2. The van der Waals surface area contributed by atoms with Crippen LogP contribution < -0.4 is 35.2 Å². The minimum absolute atomic E-state index is 0.0432. The second-order valence-corrected chi connectivity index (χ2v) is 15.4. The monoisotopic (exact) mass is 820 g/mol. The van der Waals surface area contributed by atoms with E-state index in [1.54, 1.807) is 23.1 Å².